The van der Waals surface area contributed by atoms with E-state index in [9.17, 15) is 10.1 Å². The maximum atomic E-state index is 13.0. The van der Waals surface area contributed by atoms with Gasteiger partial charge in [0.15, 0.2) is 0 Å². The van der Waals surface area contributed by atoms with Crippen molar-refractivity contribution in [1.29, 1.82) is 5.26 Å². The van der Waals surface area contributed by atoms with E-state index >= 15 is 0 Å². The Kier molecular flexibility index (Phi) is 7.13. The molecule has 0 radical (unpaired) electrons. The van der Waals surface area contributed by atoms with E-state index in [-0.39, 0.29) is 17.5 Å². The first kappa shape index (κ1) is 22.3. The lowest BCUT2D eigenvalue weighted by Gasteiger charge is -2.39. The molecule has 6 nitrogen and oxygen atoms in total. The maximum absolute atomic E-state index is 13.0. The van der Waals surface area contributed by atoms with Crippen LogP contribution in [-0.2, 0) is 4.79 Å². The number of hydrogen-bond donors (Lipinski definition) is 1. The zero-order valence-corrected chi connectivity index (χ0v) is 18.7. The predicted octanol–water partition coefficient (Wildman–Crippen LogP) is 4.14. The van der Waals surface area contributed by atoms with E-state index in [0.29, 0.717) is 18.9 Å². The third-order valence-corrected chi connectivity index (χ3v) is 5.80. The molecule has 4 rings (SSSR count). The number of nitrogens with zero attached hydrogens (tertiary/aromatic N) is 4. The molecule has 0 aliphatic carbocycles. The number of benzene rings is 2. The zero-order valence-electron chi connectivity index (χ0n) is 18.7. The minimum atomic E-state index is -0.256. The van der Waals surface area contributed by atoms with Crippen LogP contribution in [0.3, 0.4) is 0 Å². The van der Waals surface area contributed by atoms with Crippen LogP contribution in [0, 0.1) is 18.3 Å². The van der Waals surface area contributed by atoms with Crippen molar-refractivity contribution in [3.63, 3.8) is 0 Å². The third-order valence-electron chi connectivity index (χ3n) is 5.80. The zero-order chi connectivity index (χ0) is 23.0. The molecule has 0 bridgehead atoms. The number of nitrogens with one attached hydrogen (secondary N) is 1. The monoisotopic (exact) mass is 437 g/mol. The number of piperazine rings is 1. The minimum Gasteiger partial charge on any atom is -0.345 e. The van der Waals surface area contributed by atoms with Crippen LogP contribution in [0.25, 0.3) is 0 Å². The van der Waals surface area contributed by atoms with Crippen LogP contribution in [0.4, 0.5) is 5.82 Å². The molecule has 1 aliphatic rings. The van der Waals surface area contributed by atoms with Gasteiger partial charge in [-0.15, -0.1) is 0 Å². The molecule has 1 fully saturated rings. The number of hydrogen-bond acceptors (Lipinski definition) is 5. The van der Waals surface area contributed by atoms with E-state index in [1.165, 1.54) is 17.3 Å². The number of aromatic nitrogens is 1. The largest absolute Gasteiger partial charge is 0.345 e. The Morgan fingerprint density at radius 2 is 1.55 bits per heavy atom. The smallest absolute Gasteiger partial charge is 0.266 e. The second-order valence-electron chi connectivity index (χ2n) is 8.03. The molecule has 1 aliphatic heterocycles. The fraction of sp³-hybridized carbons (Fsp3) is 0.222. The Labute approximate surface area is 194 Å². The highest BCUT2D eigenvalue weighted by atomic mass is 16.2. The summed E-state index contributed by atoms with van der Waals surface area (Å²) in [5.74, 6) is 0.349. The topological polar surface area (TPSA) is 72.3 Å². The van der Waals surface area contributed by atoms with E-state index in [1.807, 2.05) is 37.3 Å². The Morgan fingerprint density at radius 1 is 0.939 bits per heavy atom. The van der Waals surface area contributed by atoms with E-state index in [4.69, 9.17) is 0 Å². The van der Waals surface area contributed by atoms with Crippen molar-refractivity contribution >= 4 is 11.7 Å². The van der Waals surface area contributed by atoms with Gasteiger partial charge in [0.05, 0.1) is 6.04 Å². The molecular formula is C27H27N5O. The average Bonchev–Trinajstić information content (AvgIpc) is 2.86. The van der Waals surface area contributed by atoms with Crippen LogP contribution >= 0.6 is 0 Å². The number of anilines is 1. The summed E-state index contributed by atoms with van der Waals surface area (Å²) >= 11 is 0. The molecule has 1 saturated heterocycles. The number of amides is 1. The van der Waals surface area contributed by atoms with E-state index < -0.39 is 0 Å². The van der Waals surface area contributed by atoms with Crippen LogP contribution in [0.1, 0.15) is 22.9 Å². The van der Waals surface area contributed by atoms with Crippen molar-refractivity contribution in [2.24, 2.45) is 0 Å². The minimum absolute atomic E-state index is 0.0782. The molecule has 2 heterocycles. The van der Waals surface area contributed by atoms with Gasteiger partial charge < -0.3 is 10.2 Å². The predicted molar refractivity (Wildman–Crippen MR) is 129 cm³/mol. The van der Waals surface area contributed by atoms with Gasteiger partial charge in [-0.05, 0) is 30.2 Å². The van der Waals surface area contributed by atoms with Crippen molar-refractivity contribution in [3.05, 3.63) is 107 Å². The van der Waals surface area contributed by atoms with Gasteiger partial charge in [-0.2, -0.15) is 5.26 Å². The molecule has 166 valence electrons. The molecule has 2 aromatic carbocycles. The Hall–Kier alpha value is -3.95. The number of pyridine rings is 1. The van der Waals surface area contributed by atoms with E-state index in [2.05, 4.69) is 63.7 Å². The van der Waals surface area contributed by atoms with E-state index in [1.54, 1.807) is 11.0 Å². The average molecular weight is 438 g/mol. The second-order valence-corrected chi connectivity index (χ2v) is 8.03. The Balaban J connectivity index is 1.45. The number of carbonyl (C=O) groups is 1. The van der Waals surface area contributed by atoms with Gasteiger partial charge in [-0.1, -0.05) is 66.7 Å². The highest BCUT2D eigenvalue weighted by Gasteiger charge is 2.29. The summed E-state index contributed by atoms with van der Waals surface area (Å²) in [5, 5.41) is 12.5. The van der Waals surface area contributed by atoms with Gasteiger partial charge in [0.25, 0.3) is 5.91 Å². The molecule has 0 atom stereocenters. The first-order valence-electron chi connectivity index (χ1n) is 11.1. The molecule has 0 unspecified atom stereocenters. The highest BCUT2D eigenvalue weighted by molar-refractivity contribution is 5.97. The van der Waals surface area contributed by atoms with E-state index in [0.717, 1.165) is 18.8 Å². The third kappa shape index (κ3) is 5.46. The lowest BCUT2D eigenvalue weighted by molar-refractivity contribution is -0.128. The lowest BCUT2D eigenvalue weighted by atomic mass is 9.96. The first-order valence-corrected chi connectivity index (χ1v) is 11.1. The van der Waals surface area contributed by atoms with Gasteiger partial charge in [-0.3, -0.25) is 9.69 Å². The van der Waals surface area contributed by atoms with Crippen LogP contribution in [0.5, 0.6) is 0 Å². The summed E-state index contributed by atoms with van der Waals surface area (Å²) in [6, 6.07) is 28.6. The highest BCUT2D eigenvalue weighted by Crippen LogP contribution is 2.29. The summed E-state index contributed by atoms with van der Waals surface area (Å²) in [5.41, 5.74) is 3.40. The van der Waals surface area contributed by atoms with Crippen molar-refractivity contribution in [3.8, 4) is 6.07 Å². The van der Waals surface area contributed by atoms with Crippen LogP contribution in [-0.4, -0.2) is 46.9 Å². The standard InChI is InChI=1S/C27H27N5O/c1-21-9-8-14-25(30-21)29-20-24(19-28)27(33)32-17-15-31(16-18-32)26(22-10-4-2-5-11-22)23-12-6-3-7-13-23/h2-14,20,26H,15-18H2,1H3,(H,29,30)/b24-20-. The van der Waals surface area contributed by atoms with Crippen molar-refractivity contribution in [2.75, 3.05) is 31.5 Å². The summed E-state index contributed by atoms with van der Waals surface area (Å²) in [6.45, 7) is 4.48. The van der Waals surface area contributed by atoms with Crippen LogP contribution in [0.15, 0.2) is 90.6 Å². The summed E-state index contributed by atoms with van der Waals surface area (Å²) in [7, 11) is 0. The Morgan fingerprint density at radius 3 is 2.09 bits per heavy atom. The number of rotatable bonds is 6. The first-order chi connectivity index (χ1) is 16.2. The molecule has 0 saturated carbocycles. The SMILES string of the molecule is Cc1cccc(N/C=C(/C#N)C(=O)N2CCN(C(c3ccccc3)c3ccccc3)CC2)n1. The molecule has 3 aromatic rings. The van der Waals surface area contributed by atoms with Gasteiger partial charge in [0.2, 0.25) is 0 Å². The molecule has 1 amide bonds. The van der Waals surface area contributed by atoms with Crippen molar-refractivity contribution in [2.45, 2.75) is 13.0 Å². The van der Waals surface area contributed by atoms with Crippen LogP contribution in [0.2, 0.25) is 0 Å². The molecular weight excluding hydrogens is 410 g/mol. The Bertz CT molecular complexity index is 1110. The van der Waals surface area contributed by atoms with Crippen molar-refractivity contribution in [1.82, 2.24) is 14.8 Å². The molecule has 1 N–H and O–H groups in total. The summed E-state index contributed by atoms with van der Waals surface area (Å²) in [4.78, 5) is 21.5. The number of carbonyl (C=O) groups excluding carboxylic acids is 1. The van der Waals surface area contributed by atoms with Gasteiger partial charge in [-0.25, -0.2) is 4.98 Å². The number of nitriles is 1. The van der Waals surface area contributed by atoms with Crippen LogP contribution < -0.4 is 5.32 Å². The quantitative estimate of drug-likeness (QED) is 0.463. The summed E-state index contributed by atoms with van der Waals surface area (Å²) < 4.78 is 0. The van der Waals surface area contributed by atoms with Gasteiger partial charge in [0, 0.05) is 38.1 Å². The molecule has 33 heavy (non-hydrogen) atoms. The maximum Gasteiger partial charge on any atom is 0.266 e. The van der Waals surface area contributed by atoms with Crippen molar-refractivity contribution < 1.29 is 4.79 Å². The molecule has 1 aromatic heterocycles. The number of aryl methyl sites for hydroxylation is 1. The normalized spacial score (nSPS) is 14.7. The fourth-order valence-corrected chi connectivity index (χ4v) is 4.15. The van der Waals surface area contributed by atoms with Gasteiger partial charge in [0.1, 0.15) is 17.5 Å². The molecule has 0 spiro atoms. The summed E-state index contributed by atoms with van der Waals surface area (Å²) in [6.07, 6.45) is 1.45. The van der Waals surface area contributed by atoms with Gasteiger partial charge >= 0.3 is 0 Å². The lowest BCUT2D eigenvalue weighted by Crippen LogP contribution is -2.50. The fourth-order valence-electron chi connectivity index (χ4n) is 4.15. The molecule has 6 heteroatoms. The second kappa shape index (κ2) is 10.6.